The van der Waals surface area contributed by atoms with Gasteiger partial charge in [0.15, 0.2) is 17.5 Å². The summed E-state index contributed by atoms with van der Waals surface area (Å²) < 4.78 is 0. The Morgan fingerprint density at radius 1 is 0.422 bits per heavy atom. The highest BCUT2D eigenvalue weighted by atomic mass is 28.3. The lowest BCUT2D eigenvalue weighted by Gasteiger charge is -2.61. The molecule has 15 rings (SSSR count). The van der Waals surface area contributed by atoms with Gasteiger partial charge in [0.2, 0.25) is 0 Å². The minimum atomic E-state index is -1.99. The van der Waals surface area contributed by atoms with Gasteiger partial charge in [-0.2, -0.15) is 0 Å². The summed E-state index contributed by atoms with van der Waals surface area (Å²) in [7, 11) is -1.99. The Bertz CT molecular complexity index is 3280. The predicted molar refractivity (Wildman–Crippen MR) is 265 cm³/mol. The maximum absolute atomic E-state index is 5.44. The van der Waals surface area contributed by atoms with E-state index in [1.54, 1.807) is 15.9 Å². The van der Waals surface area contributed by atoms with Gasteiger partial charge in [-0.1, -0.05) is 166 Å². The fourth-order valence-electron chi connectivity index (χ4n) is 14.9. The molecule has 6 aliphatic carbocycles. The molecule has 0 saturated heterocycles. The molecule has 0 atom stereocenters. The minimum Gasteiger partial charge on any atom is -0.208 e. The minimum absolute atomic E-state index is 0.0523. The first-order valence-electron chi connectivity index (χ1n) is 23.8. The number of nitrogens with zero attached hydrogens (tertiary/aromatic N) is 3. The molecular weight excluding hydrogens is 791 g/mol. The van der Waals surface area contributed by atoms with Gasteiger partial charge in [0, 0.05) is 27.5 Å². The van der Waals surface area contributed by atoms with Gasteiger partial charge >= 0.3 is 0 Å². The van der Waals surface area contributed by atoms with Gasteiger partial charge in [0.05, 0.1) is 0 Å². The van der Waals surface area contributed by atoms with Crippen LogP contribution in [-0.2, 0) is 10.8 Å². The van der Waals surface area contributed by atoms with Crippen molar-refractivity contribution in [1.82, 2.24) is 15.0 Å². The third-order valence-electron chi connectivity index (χ3n) is 17.3. The zero-order chi connectivity index (χ0) is 42.7. The van der Waals surface area contributed by atoms with E-state index in [0.29, 0.717) is 17.7 Å². The summed E-state index contributed by atoms with van der Waals surface area (Å²) in [5.41, 5.74) is 20.1. The molecule has 7 aliphatic rings. The highest BCUT2D eigenvalue weighted by molar-refractivity contribution is 7.04. The van der Waals surface area contributed by atoms with E-state index in [1.165, 1.54) is 93.3 Å². The average molecular weight is 842 g/mol. The molecule has 4 saturated carbocycles. The lowest BCUT2D eigenvalue weighted by atomic mass is 9.42. The molecule has 0 radical (unpaired) electrons. The molecule has 310 valence electrons. The first-order valence-corrected chi connectivity index (χ1v) is 26.8. The topological polar surface area (TPSA) is 38.7 Å². The Morgan fingerprint density at radius 3 is 1.58 bits per heavy atom. The highest BCUT2D eigenvalue weighted by Crippen LogP contribution is 2.70. The summed E-state index contributed by atoms with van der Waals surface area (Å²) in [6.07, 6.45) is 6.74. The fraction of sp³-hybridized carbons (Fsp3) is 0.250. The van der Waals surface area contributed by atoms with Crippen molar-refractivity contribution in [3.05, 3.63) is 174 Å². The van der Waals surface area contributed by atoms with Gasteiger partial charge in [-0.25, -0.2) is 15.0 Å². The van der Waals surface area contributed by atoms with Crippen LogP contribution in [0.2, 0.25) is 13.1 Å². The highest BCUT2D eigenvalue weighted by Gasteiger charge is 2.62. The van der Waals surface area contributed by atoms with Gasteiger partial charge in [-0.05, 0) is 145 Å². The molecule has 4 fully saturated rings. The Kier molecular flexibility index (Phi) is 7.52. The smallest absolute Gasteiger partial charge is 0.164 e. The van der Waals surface area contributed by atoms with Gasteiger partial charge in [-0.3, -0.25) is 0 Å². The second-order valence-corrected chi connectivity index (χ2v) is 25.5. The standard InChI is InChI=1S/C60H51N3Si/c1-59(2)50-22-10-8-16-42(50)43-26-24-38(33-51(43)59)57-61-56(37-14-6-5-7-15-37)62-58(63-57)39-25-27-44-46-18-12-19-47(49-21-13-20-48-45-17-9-11-23-53(45)64(3,4)55(48)49)54(46)60(52(44)34-39)40-29-35-28-36(31-40)32-41(60)30-35/h5-27,33-36,40-41H,28-32H2,1-4H3. The van der Waals surface area contributed by atoms with Crippen molar-refractivity contribution < 1.29 is 0 Å². The third kappa shape index (κ3) is 4.85. The summed E-state index contributed by atoms with van der Waals surface area (Å²) >= 11 is 0. The van der Waals surface area contributed by atoms with Crippen molar-refractivity contribution in [3.63, 3.8) is 0 Å². The van der Waals surface area contributed by atoms with Crippen LogP contribution in [0.1, 0.15) is 68.2 Å². The average Bonchev–Trinajstić information content (AvgIpc) is 3.85. The lowest BCUT2D eigenvalue weighted by molar-refractivity contribution is -0.0397. The number of hydrogen-bond donors (Lipinski definition) is 0. The molecule has 8 aromatic rings. The normalized spacial score (nSPS) is 23.9. The van der Waals surface area contributed by atoms with E-state index in [1.807, 2.05) is 0 Å². The largest absolute Gasteiger partial charge is 0.208 e. The summed E-state index contributed by atoms with van der Waals surface area (Å²) in [4.78, 5) is 16.0. The van der Waals surface area contributed by atoms with Crippen LogP contribution >= 0.6 is 0 Å². The molecule has 0 unspecified atom stereocenters. The summed E-state index contributed by atoms with van der Waals surface area (Å²) in [5.74, 6) is 5.12. The molecule has 1 aliphatic heterocycles. The van der Waals surface area contributed by atoms with Crippen LogP contribution in [0.5, 0.6) is 0 Å². The monoisotopic (exact) mass is 841 g/mol. The number of fused-ring (bicyclic) bond motifs is 9. The Hall–Kier alpha value is -6.23. The van der Waals surface area contributed by atoms with Crippen LogP contribution in [0.3, 0.4) is 0 Å². The number of benzene rings is 7. The second kappa shape index (κ2) is 12.9. The van der Waals surface area contributed by atoms with Crippen molar-refractivity contribution in [2.75, 3.05) is 0 Å². The van der Waals surface area contributed by atoms with Crippen molar-refractivity contribution in [2.24, 2.45) is 23.7 Å². The van der Waals surface area contributed by atoms with Gasteiger partial charge < -0.3 is 0 Å². The second-order valence-electron chi connectivity index (χ2n) is 21.2. The van der Waals surface area contributed by atoms with Crippen LogP contribution in [0.4, 0.5) is 0 Å². The molecule has 4 bridgehead atoms. The molecule has 64 heavy (non-hydrogen) atoms. The van der Waals surface area contributed by atoms with E-state index < -0.39 is 8.07 Å². The van der Waals surface area contributed by atoms with E-state index in [9.17, 15) is 0 Å². The van der Waals surface area contributed by atoms with Crippen LogP contribution in [0.25, 0.3) is 78.7 Å². The summed E-state index contributed by atoms with van der Waals surface area (Å²) in [6, 6.07) is 57.3. The maximum atomic E-state index is 5.44. The molecule has 1 spiro atoms. The van der Waals surface area contributed by atoms with Gasteiger partial charge in [0.1, 0.15) is 8.07 Å². The SMILES string of the molecule is CC1(C)c2ccccc2-c2ccc(-c3nc(-c4ccccc4)nc(-c4ccc5c(c4)C4(c6c-5cccc6-c5cccc6c5[Si](C)(C)c5ccccc5-6)C5CC6CC(C5)CC4C6)n3)cc21. The van der Waals surface area contributed by atoms with Crippen LogP contribution in [-0.4, -0.2) is 23.0 Å². The van der Waals surface area contributed by atoms with Crippen molar-refractivity contribution in [2.45, 2.75) is 69.9 Å². The molecule has 1 aromatic heterocycles. The molecule has 0 amide bonds. The van der Waals surface area contributed by atoms with Gasteiger partial charge in [0.25, 0.3) is 0 Å². The van der Waals surface area contributed by atoms with Gasteiger partial charge in [-0.15, -0.1) is 0 Å². The van der Waals surface area contributed by atoms with Crippen molar-refractivity contribution in [3.8, 4) is 78.7 Å². The fourth-order valence-corrected chi connectivity index (χ4v) is 18.3. The quantitative estimate of drug-likeness (QED) is 0.166. The molecule has 7 aromatic carbocycles. The first-order chi connectivity index (χ1) is 31.2. The molecule has 0 N–H and O–H groups in total. The third-order valence-corrected chi connectivity index (χ3v) is 20.9. The molecule has 2 heterocycles. The predicted octanol–water partition coefficient (Wildman–Crippen LogP) is 13.4. The lowest BCUT2D eigenvalue weighted by Crippen LogP contribution is -2.55. The molecular formula is C60H51N3Si. The number of rotatable bonds is 4. The first kappa shape index (κ1) is 37.2. The van der Waals surface area contributed by atoms with E-state index in [4.69, 9.17) is 15.0 Å². The van der Waals surface area contributed by atoms with E-state index in [-0.39, 0.29) is 10.8 Å². The van der Waals surface area contributed by atoms with Crippen LogP contribution in [0.15, 0.2) is 152 Å². The van der Waals surface area contributed by atoms with Crippen molar-refractivity contribution in [1.29, 1.82) is 0 Å². The Morgan fingerprint density at radius 2 is 0.906 bits per heavy atom. The van der Waals surface area contributed by atoms with Crippen LogP contribution < -0.4 is 10.4 Å². The summed E-state index contributed by atoms with van der Waals surface area (Å²) in [5, 5.41) is 3.19. The molecule has 4 heteroatoms. The van der Waals surface area contributed by atoms with Crippen molar-refractivity contribution >= 4 is 18.4 Å². The Labute approximate surface area is 377 Å². The van der Waals surface area contributed by atoms with E-state index in [0.717, 1.165) is 40.2 Å². The zero-order valence-corrected chi connectivity index (χ0v) is 38.1. The number of hydrogen-bond acceptors (Lipinski definition) is 3. The van der Waals surface area contributed by atoms with E-state index in [2.05, 4.69) is 179 Å². The zero-order valence-electron chi connectivity index (χ0n) is 37.1. The molecule has 3 nitrogen and oxygen atoms in total. The van der Waals surface area contributed by atoms with Crippen LogP contribution in [0, 0.1) is 23.7 Å². The Balaban J connectivity index is 0.969. The maximum Gasteiger partial charge on any atom is 0.164 e. The number of aromatic nitrogens is 3. The van der Waals surface area contributed by atoms with E-state index >= 15 is 0 Å². The summed E-state index contributed by atoms with van der Waals surface area (Å²) in [6.45, 7) is 9.85.